The highest BCUT2D eigenvalue weighted by atomic mass is 35.5. The minimum absolute atomic E-state index is 0.365. The Labute approximate surface area is 171 Å². The van der Waals surface area contributed by atoms with Crippen LogP contribution in [0.5, 0.6) is 0 Å². The third kappa shape index (κ3) is 3.41. The number of hydrogen-bond donors (Lipinski definition) is 1. The molecule has 2 aromatic carbocycles. The zero-order valence-electron chi connectivity index (χ0n) is 15.4. The summed E-state index contributed by atoms with van der Waals surface area (Å²) in [4.78, 5) is 5.18. The summed E-state index contributed by atoms with van der Waals surface area (Å²) in [6, 6.07) is 12.7. The molecular weight excluding hydrogens is 377 g/mol. The normalized spacial score (nSPS) is 22.6. The molecule has 3 nitrogen and oxygen atoms in total. The molecule has 2 aromatic rings. The number of piperidine rings is 1. The van der Waals surface area contributed by atoms with Crippen molar-refractivity contribution >= 4 is 34.6 Å². The van der Waals surface area contributed by atoms with E-state index >= 15 is 0 Å². The molecule has 0 bridgehead atoms. The van der Waals surface area contributed by atoms with E-state index in [1.165, 1.54) is 41.8 Å². The van der Waals surface area contributed by atoms with E-state index in [1.54, 1.807) is 0 Å². The lowest BCUT2D eigenvalue weighted by Gasteiger charge is -2.37. The van der Waals surface area contributed by atoms with Crippen molar-refractivity contribution in [3.63, 3.8) is 0 Å². The summed E-state index contributed by atoms with van der Waals surface area (Å²) in [5, 5.41) is 5.41. The fraction of sp³-hybridized carbons (Fsp3) is 0.455. The van der Waals surface area contributed by atoms with E-state index in [9.17, 15) is 0 Å². The van der Waals surface area contributed by atoms with Crippen molar-refractivity contribution in [2.45, 2.75) is 37.8 Å². The van der Waals surface area contributed by atoms with E-state index < -0.39 is 0 Å². The van der Waals surface area contributed by atoms with Gasteiger partial charge in [0.05, 0.1) is 11.4 Å². The average molecular weight is 402 g/mol. The van der Waals surface area contributed by atoms with Gasteiger partial charge in [-0.05, 0) is 80.1 Å². The van der Waals surface area contributed by atoms with E-state index in [-0.39, 0.29) is 0 Å². The Balaban J connectivity index is 1.24. The van der Waals surface area contributed by atoms with E-state index in [0.717, 1.165) is 42.6 Å². The number of halogens is 2. The first-order chi connectivity index (χ1) is 13.2. The van der Waals surface area contributed by atoms with Crippen molar-refractivity contribution in [1.82, 2.24) is 4.90 Å². The van der Waals surface area contributed by atoms with Gasteiger partial charge in [-0.2, -0.15) is 0 Å². The highest BCUT2D eigenvalue weighted by Crippen LogP contribution is 2.43. The molecule has 0 aromatic heterocycles. The van der Waals surface area contributed by atoms with Gasteiger partial charge in [0.25, 0.3) is 0 Å². The Kier molecular flexibility index (Phi) is 4.71. The Morgan fingerprint density at radius 1 is 0.963 bits per heavy atom. The van der Waals surface area contributed by atoms with Gasteiger partial charge in [0.2, 0.25) is 0 Å². The zero-order chi connectivity index (χ0) is 18.4. The van der Waals surface area contributed by atoms with Crippen molar-refractivity contribution in [3.05, 3.63) is 57.6 Å². The number of nitrogens with one attached hydrogen (secondary N) is 1. The Bertz CT molecular complexity index is 828. The summed E-state index contributed by atoms with van der Waals surface area (Å²) >= 11 is 12.4. The molecule has 27 heavy (non-hydrogen) atoms. The Morgan fingerprint density at radius 2 is 1.74 bits per heavy atom. The third-order valence-corrected chi connectivity index (χ3v) is 6.81. The first-order valence-electron chi connectivity index (χ1n) is 10.0. The highest BCUT2D eigenvalue weighted by molar-refractivity contribution is 6.31. The molecule has 1 unspecified atom stereocenters. The molecule has 0 spiro atoms. The molecule has 0 aliphatic carbocycles. The average Bonchev–Trinajstić information content (AvgIpc) is 3.02. The van der Waals surface area contributed by atoms with Gasteiger partial charge in [-0.1, -0.05) is 35.3 Å². The second-order valence-electron chi connectivity index (χ2n) is 8.04. The molecule has 5 rings (SSSR count). The molecular formula is C22H25Cl2N3. The van der Waals surface area contributed by atoms with Crippen molar-refractivity contribution in [2.24, 2.45) is 0 Å². The first kappa shape index (κ1) is 17.7. The van der Waals surface area contributed by atoms with Crippen LogP contribution in [0.4, 0.5) is 11.4 Å². The van der Waals surface area contributed by atoms with Crippen LogP contribution in [0.2, 0.25) is 10.0 Å². The van der Waals surface area contributed by atoms with Crippen molar-refractivity contribution in [1.29, 1.82) is 0 Å². The van der Waals surface area contributed by atoms with Gasteiger partial charge >= 0.3 is 0 Å². The largest absolute Gasteiger partial charge is 0.362 e. The summed E-state index contributed by atoms with van der Waals surface area (Å²) in [6.45, 7) is 4.52. The first-order valence-corrected chi connectivity index (χ1v) is 10.8. The monoisotopic (exact) mass is 401 g/mol. The molecule has 0 radical (unpaired) electrons. The van der Waals surface area contributed by atoms with E-state index in [0.29, 0.717) is 12.1 Å². The van der Waals surface area contributed by atoms with Crippen LogP contribution >= 0.6 is 23.2 Å². The Morgan fingerprint density at radius 3 is 2.52 bits per heavy atom. The van der Waals surface area contributed by atoms with Crippen LogP contribution in [0, 0.1) is 0 Å². The Hall–Kier alpha value is -1.42. The van der Waals surface area contributed by atoms with Crippen LogP contribution < -0.4 is 10.2 Å². The van der Waals surface area contributed by atoms with Gasteiger partial charge in [-0.3, -0.25) is 4.90 Å². The molecule has 0 saturated carbocycles. The maximum Gasteiger partial charge on any atom is 0.112 e. The van der Waals surface area contributed by atoms with Gasteiger partial charge in [0.15, 0.2) is 0 Å². The standard InChI is InChI=1S/C22H25Cl2N3/c23-18-5-3-15(4-6-18)16-7-10-26(11-8-16)14-21-25-20-13-19(24)12-17-2-1-9-27(21)22(17)20/h3-6,12-13,16,21,25H,1-2,7-11,14H2. The van der Waals surface area contributed by atoms with Crippen molar-refractivity contribution in [2.75, 3.05) is 36.4 Å². The fourth-order valence-electron chi connectivity index (χ4n) is 4.99. The van der Waals surface area contributed by atoms with Crippen LogP contribution in [0.25, 0.3) is 0 Å². The van der Waals surface area contributed by atoms with Gasteiger partial charge in [-0.25, -0.2) is 0 Å². The summed E-state index contributed by atoms with van der Waals surface area (Å²) in [6.07, 6.45) is 5.16. The number of hydrogen-bond acceptors (Lipinski definition) is 3. The van der Waals surface area contributed by atoms with Gasteiger partial charge in [-0.15, -0.1) is 0 Å². The smallest absolute Gasteiger partial charge is 0.112 e. The van der Waals surface area contributed by atoms with Crippen molar-refractivity contribution < 1.29 is 0 Å². The summed E-state index contributed by atoms with van der Waals surface area (Å²) in [5.41, 5.74) is 5.45. The minimum atomic E-state index is 0.365. The number of benzene rings is 2. The quantitative estimate of drug-likeness (QED) is 0.744. The minimum Gasteiger partial charge on any atom is -0.362 e. The number of anilines is 2. The summed E-state index contributed by atoms with van der Waals surface area (Å²) < 4.78 is 0. The third-order valence-electron chi connectivity index (χ3n) is 6.34. The lowest BCUT2D eigenvalue weighted by atomic mass is 9.89. The van der Waals surface area contributed by atoms with Crippen molar-refractivity contribution in [3.8, 4) is 0 Å². The molecule has 1 saturated heterocycles. The van der Waals surface area contributed by atoms with Crippen LogP contribution in [-0.2, 0) is 6.42 Å². The van der Waals surface area contributed by atoms with Gasteiger partial charge in [0.1, 0.15) is 6.17 Å². The maximum atomic E-state index is 6.33. The SMILES string of the molecule is Clc1ccc(C2CCN(CC3Nc4cc(Cl)cc5c4N3CCC5)CC2)cc1. The van der Waals surface area contributed by atoms with Gasteiger partial charge < -0.3 is 10.2 Å². The van der Waals surface area contributed by atoms with Crippen LogP contribution in [0.3, 0.4) is 0 Å². The predicted octanol–water partition coefficient (Wildman–Crippen LogP) is 5.38. The molecule has 1 atom stereocenters. The van der Waals surface area contributed by atoms with Gasteiger partial charge in [0, 0.05) is 23.1 Å². The van der Waals surface area contributed by atoms with Crippen LogP contribution in [0.1, 0.15) is 36.3 Å². The topological polar surface area (TPSA) is 18.5 Å². The molecule has 3 aliphatic rings. The molecule has 5 heteroatoms. The second kappa shape index (κ2) is 7.20. The lowest BCUT2D eigenvalue weighted by molar-refractivity contribution is 0.204. The molecule has 142 valence electrons. The molecule has 0 amide bonds. The van der Waals surface area contributed by atoms with E-state index in [2.05, 4.69) is 39.4 Å². The maximum absolute atomic E-state index is 6.33. The summed E-state index contributed by atoms with van der Waals surface area (Å²) in [5.74, 6) is 0.660. The molecule has 3 heterocycles. The second-order valence-corrected chi connectivity index (χ2v) is 8.92. The number of aryl methyl sites for hydroxylation is 1. The highest BCUT2D eigenvalue weighted by Gasteiger charge is 2.35. The molecule has 3 aliphatic heterocycles. The number of likely N-dealkylation sites (tertiary alicyclic amines) is 1. The predicted molar refractivity (Wildman–Crippen MR) is 114 cm³/mol. The number of nitrogens with zero attached hydrogens (tertiary/aromatic N) is 2. The van der Waals surface area contributed by atoms with Crippen LogP contribution in [-0.4, -0.2) is 37.2 Å². The number of rotatable bonds is 3. The summed E-state index contributed by atoms with van der Waals surface area (Å²) in [7, 11) is 0. The van der Waals surface area contributed by atoms with E-state index in [4.69, 9.17) is 23.2 Å². The van der Waals surface area contributed by atoms with E-state index in [1.807, 2.05) is 12.1 Å². The molecule has 1 fully saturated rings. The zero-order valence-corrected chi connectivity index (χ0v) is 16.9. The lowest BCUT2D eigenvalue weighted by Crippen LogP contribution is -2.48. The van der Waals surface area contributed by atoms with Crippen LogP contribution in [0.15, 0.2) is 36.4 Å². The molecule has 1 N–H and O–H groups in total. The fourth-order valence-corrected chi connectivity index (χ4v) is 5.36.